The largest absolute Gasteiger partial charge is 0.499 e. The molecule has 84 valence electrons. The summed E-state index contributed by atoms with van der Waals surface area (Å²) in [7, 11) is 0. The van der Waals surface area contributed by atoms with Crippen molar-refractivity contribution >= 4 is 5.78 Å². The van der Waals surface area contributed by atoms with Gasteiger partial charge in [-0.25, -0.2) is 0 Å². The molecule has 2 nitrogen and oxygen atoms in total. The number of rotatable bonds is 7. The average Bonchev–Trinajstić information content (AvgIpc) is 2.19. The highest BCUT2D eigenvalue weighted by molar-refractivity contribution is 5.87. The van der Waals surface area contributed by atoms with Crippen LogP contribution >= 0.6 is 0 Å². The summed E-state index contributed by atoms with van der Waals surface area (Å²) >= 11 is 0. The maximum atomic E-state index is 10.6. The summed E-state index contributed by atoms with van der Waals surface area (Å²) in [4.78, 5) is 10.6. The van der Waals surface area contributed by atoms with Gasteiger partial charge in [-0.15, -0.1) is 0 Å². The van der Waals surface area contributed by atoms with Gasteiger partial charge in [0.2, 0.25) is 0 Å². The molecule has 2 heteroatoms. The number of ether oxygens (including phenoxy) is 1. The Kier molecular flexibility index (Phi) is 8.44. The zero-order valence-electron chi connectivity index (χ0n) is 9.82. The third kappa shape index (κ3) is 10.6. The second-order valence-corrected chi connectivity index (χ2v) is 3.30. The number of ketones is 1. The van der Waals surface area contributed by atoms with Crippen LogP contribution in [0.5, 0.6) is 0 Å². The Bertz CT molecular complexity index is 260. The lowest BCUT2D eigenvalue weighted by Crippen LogP contribution is -1.89. The monoisotopic (exact) mass is 208 g/mol. The van der Waals surface area contributed by atoms with E-state index in [1.807, 2.05) is 25.2 Å². The lowest BCUT2D eigenvalue weighted by Gasteiger charge is -2.02. The van der Waals surface area contributed by atoms with E-state index < -0.39 is 0 Å². The van der Waals surface area contributed by atoms with Crippen LogP contribution in [0.1, 0.15) is 33.6 Å². The molecule has 0 unspecified atom stereocenters. The summed E-state index contributed by atoms with van der Waals surface area (Å²) in [6.07, 6.45) is 11.0. The van der Waals surface area contributed by atoms with E-state index in [-0.39, 0.29) is 5.78 Å². The van der Waals surface area contributed by atoms with Crippen LogP contribution in [-0.2, 0) is 9.53 Å². The predicted octanol–water partition coefficient (Wildman–Crippen LogP) is 3.41. The predicted molar refractivity (Wildman–Crippen MR) is 63.6 cm³/mol. The van der Waals surface area contributed by atoms with Crippen molar-refractivity contribution in [3.05, 3.63) is 36.1 Å². The molecule has 0 aromatic heterocycles. The van der Waals surface area contributed by atoms with Gasteiger partial charge in [-0.05, 0) is 38.8 Å². The molecule has 0 aromatic rings. The summed E-state index contributed by atoms with van der Waals surface area (Å²) < 4.78 is 5.39. The zero-order valence-corrected chi connectivity index (χ0v) is 9.82. The molecule has 0 aliphatic rings. The van der Waals surface area contributed by atoms with Crippen molar-refractivity contribution in [1.29, 1.82) is 0 Å². The summed E-state index contributed by atoms with van der Waals surface area (Å²) in [6.45, 7) is 6.35. The Labute approximate surface area is 92.3 Å². The Morgan fingerprint density at radius 3 is 2.60 bits per heavy atom. The van der Waals surface area contributed by atoms with Crippen molar-refractivity contribution in [2.24, 2.45) is 0 Å². The number of hydrogen-bond donors (Lipinski definition) is 0. The number of hydrogen-bond acceptors (Lipinski definition) is 2. The van der Waals surface area contributed by atoms with Crippen molar-refractivity contribution in [1.82, 2.24) is 0 Å². The lowest BCUT2D eigenvalue weighted by atomic mass is 10.3. The third-order valence-electron chi connectivity index (χ3n) is 1.65. The maximum absolute atomic E-state index is 10.6. The Morgan fingerprint density at radius 1 is 1.27 bits per heavy atom. The van der Waals surface area contributed by atoms with Gasteiger partial charge in [0.15, 0.2) is 5.78 Å². The highest BCUT2D eigenvalue weighted by Gasteiger charge is 1.85. The molecule has 0 heterocycles. The van der Waals surface area contributed by atoms with Gasteiger partial charge in [-0.3, -0.25) is 4.79 Å². The fourth-order valence-corrected chi connectivity index (χ4v) is 0.904. The number of carbonyl (C=O) groups excluding carboxylic acids is 1. The molecule has 0 rings (SSSR count). The van der Waals surface area contributed by atoms with E-state index in [0.717, 1.165) is 25.2 Å². The van der Waals surface area contributed by atoms with Crippen LogP contribution in [0, 0.1) is 0 Å². The second kappa shape index (κ2) is 9.25. The normalized spacial score (nSPS) is 12.6. The maximum Gasteiger partial charge on any atom is 0.152 e. The molecule has 0 N–H and O–H groups in total. The molecule has 0 radical (unpaired) electrons. The quantitative estimate of drug-likeness (QED) is 0.364. The van der Waals surface area contributed by atoms with Gasteiger partial charge >= 0.3 is 0 Å². The van der Waals surface area contributed by atoms with Crippen molar-refractivity contribution in [3.8, 4) is 0 Å². The molecule has 0 atom stereocenters. The van der Waals surface area contributed by atoms with Crippen molar-refractivity contribution in [2.75, 3.05) is 6.61 Å². The van der Waals surface area contributed by atoms with E-state index in [2.05, 4.69) is 6.92 Å². The van der Waals surface area contributed by atoms with E-state index in [1.165, 1.54) is 6.92 Å². The third-order valence-corrected chi connectivity index (χ3v) is 1.65. The van der Waals surface area contributed by atoms with Gasteiger partial charge in [0, 0.05) is 0 Å². The first-order valence-electron chi connectivity index (χ1n) is 5.30. The molecule has 0 amide bonds. The minimum Gasteiger partial charge on any atom is -0.499 e. The average molecular weight is 208 g/mol. The smallest absolute Gasteiger partial charge is 0.152 e. The first-order chi connectivity index (χ1) is 7.16. The molecule has 0 aliphatic carbocycles. The first-order valence-corrected chi connectivity index (χ1v) is 5.30. The molecule has 0 saturated carbocycles. The van der Waals surface area contributed by atoms with E-state index in [1.54, 1.807) is 12.2 Å². The first kappa shape index (κ1) is 13.7. The van der Waals surface area contributed by atoms with E-state index in [9.17, 15) is 4.79 Å². The van der Waals surface area contributed by atoms with Gasteiger partial charge in [0.25, 0.3) is 0 Å². The van der Waals surface area contributed by atoms with E-state index >= 15 is 0 Å². The highest BCUT2D eigenvalue weighted by atomic mass is 16.5. The van der Waals surface area contributed by atoms with Crippen LogP contribution < -0.4 is 0 Å². The molecule has 0 fully saturated rings. The lowest BCUT2D eigenvalue weighted by molar-refractivity contribution is -0.112. The fraction of sp³-hybridized carbons (Fsp3) is 0.462. The van der Waals surface area contributed by atoms with Gasteiger partial charge in [0.05, 0.1) is 12.4 Å². The summed E-state index contributed by atoms with van der Waals surface area (Å²) in [5, 5.41) is 0. The molecule has 0 aromatic carbocycles. The second-order valence-electron chi connectivity index (χ2n) is 3.30. The molecule has 0 aliphatic heterocycles. The summed E-state index contributed by atoms with van der Waals surface area (Å²) in [5.74, 6) is 1.02. The molecule has 0 saturated heterocycles. The van der Waals surface area contributed by atoms with Crippen LogP contribution in [0.3, 0.4) is 0 Å². The van der Waals surface area contributed by atoms with Gasteiger partial charge in [-0.1, -0.05) is 25.2 Å². The van der Waals surface area contributed by atoms with Crippen LogP contribution in [0.15, 0.2) is 36.1 Å². The Hall–Kier alpha value is -1.31. The number of allylic oxidation sites excluding steroid dienone is 6. The van der Waals surface area contributed by atoms with Crippen LogP contribution in [-0.4, -0.2) is 12.4 Å². The van der Waals surface area contributed by atoms with Crippen LogP contribution in [0.2, 0.25) is 0 Å². The minimum absolute atomic E-state index is 0.0673. The zero-order chi connectivity index (χ0) is 11.5. The Balaban J connectivity index is 3.71. The fourth-order valence-electron chi connectivity index (χ4n) is 0.904. The SMILES string of the molecule is CCCO/C(C)=C/CC=C/C=C/C(C)=O. The van der Waals surface area contributed by atoms with Gasteiger partial charge in [0.1, 0.15) is 0 Å². The Morgan fingerprint density at radius 2 is 2.00 bits per heavy atom. The topological polar surface area (TPSA) is 26.3 Å². The molecule has 15 heavy (non-hydrogen) atoms. The molecular weight excluding hydrogens is 188 g/mol. The van der Waals surface area contributed by atoms with Crippen LogP contribution in [0.4, 0.5) is 0 Å². The molecule has 0 bridgehead atoms. The summed E-state index contributed by atoms with van der Waals surface area (Å²) in [6, 6.07) is 0. The van der Waals surface area contributed by atoms with Crippen molar-refractivity contribution in [3.63, 3.8) is 0 Å². The van der Waals surface area contributed by atoms with E-state index in [4.69, 9.17) is 4.74 Å². The van der Waals surface area contributed by atoms with Gasteiger partial charge in [-0.2, -0.15) is 0 Å². The van der Waals surface area contributed by atoms with Crippen molar-refractivity contribution in [2.45, 2.75) is 33.6 Å². The molecule has 0 spiro atoms. The minimum atomic E-state index is 0.0673. The highest BCUT2D eigenvalue weighted by Crippen LogP contribution is 1.99. The van der Waals surface area contributed by atoms with Crippen molar-refractivity contribution < 1.29 is 9.53 Å². The number of carbonyl (C=O) groups is 1. The summed E-state index contributed by atoms with van der Waals surface area (Å²) in [5.41, 5.74) is 0. The molecular formula is C13H20O2. The standard InChI is InChI=1S/C13H20O2/c1-4-11-15-13(3)10-8-6-5-7-9-12(2)14/h5-7,9-10H,4,8,11H2,1-3H3/b6-5?,9-7+,13-10+. The van der Waals surface area contributed by atoms with E-state index in [0.29, 0.717) is 0 Å². The van der Waals surface area contributed by atoms with Gasteiger partial charge < -0.3 is 4.74 Å². The van der Waals surface area contributed by atoms with Crippen LogP contribution in [0.25, 0.3) is 0 Å².